The van der Waals surface area contributed by atoms with Gasteiger partial charge in [-0.05, 0) is 13.8 Å². The highest BCUT2D eigenvalue weighted by atomic mass is 31.2. The summed E-state index contributed by atoms with van der Waals surface area (Å²) in [4.78, 5) is 34.2. The Balaban J connectivity index is 2.77. The van der Waals surface area contributed by atoms with Crippen LogP contribution in [-0.2, 0) is 51.7 Å². The Morgan fingerprint density at radius 2 is 1.38 bits per heavy atom. The zero-order chi connectivity index (χ0) is 22.0. The summed E-state index contributed by atoms with van der Waals surface area (Å²) in [7, 11) is -3.27. The third-order valence-corrected chi connectivity index (χ3v) is 5.63. The molecule has 12 heteroatoms. The fourth-order valence-corrected chi connectivity index (χ4v) is 4.14. The molecule has 1 aliphatic heterocycles. The minimum absolute atomic E-state index is 0.0143. The van der Waals surface area contributed by atoms with Crippen LogP contribution in [0.3, 0.4) is 0 Å². The molecule has 1 fully saturated rings. The zero-order valence-electron chi connectivity index (χ0n) is 17.3. The van der Waals surface area contributed by atoms with Gasteiger partial charge in [-0.25, -0.2) is 0 Å². The zero-order valence-corrected chi connectivity index (χ0v) is 18.2. The molecular weight excluding hydrogens is 411 g/mol. The summed E-state index contributed by atoms with van der Waals surface area (Å²) in [6.45, 7) is 7.28. The summed E-state index contributed by atoms with van der Waals surface area (Å²) < 4.78 is 49.2. The molecule has 1 heterocycles. The van der Waals surface area contributed by atoms with E-state index in [0.717, 1.165) is 6.92 Å². The van der Waals surface area contributed by atoms with Crippen LogP contribution in [-0.4, -0.2) is 75.1 Å². The van der Waals surface area contributed by atoms with Crippen molar-refractivity contribution in [2.24, 2.45) is 0 Å². The molecule has 11 nitrogen and oxygen atoms in total. The van der Waals surface area contributed by atoms with Crippen molar-refractivity contribution in [3.63, 3.8) is 0 Å². The van der Waals surface area contributed by atoms with E-state index in [-0.39, 0.29) is 32.6 Å². The molecule has 1 unspecified atom stereocenters. The van der Waals surface area contributed by atoms with Gasteiger partial charge in [0.15, 0.2) is 6.10 Å². The van der Waals surface area contributed by atoms with Crippen LogP contribution in [0.1, 0.15) is 34.6 Å². The molecule has 0 saturated carbocycles. The predicted octanol–water partition coefficient (Wildman–Crippen LogP) is 1.42. The first kappa shape index (κ1) is 25.5. The maximum atomic E-state index is 12.4. The third kappa shape index (κ3) is 8.79. The smallest absolute Gasteiger partial charge is 0.332 e. The van der Waals surface area contributed by atoms with Crippen LogP contribution < -0.4 is 0 Å². The number of hydrogen-bond donors (Lipinski definition) is 0. The molecule has 0 aliphatic carbocycles. The number of hydrogen-bond acceptors (Lipinski definition) is 11. The maximum absolute atomic E-state index is 12.4. The second-order valence-corrected chi connectivity index (χ2v) is 8.23. The SMILES string of the molecule is CCOP(=O)(CCOC[C@H]1OC(OC(C)=O)[C@H](OC(C)=O)[C@@H]1OC(C)=O)OCC. The molecule has 1 aliphatic rings. The van der Waals surface area contributed by atoms with Crippen LogP contribution in [0.2, 0.25) is 0 Å². The molecule has 0 aromatic heterocycles. The second-order valence-electron chi connectivity index (χ2n) is 6.05. The largest absolute Gasteiger partial charge is 0.455 e. The maximum Gasteiger partial charge on any atom is 0.332 e. The fraction of sp³-hybridized carbons (Fsp3) is 0.824. The van der Waals surface area contributed by atoms with Crippen molar-refractivity contribution in [2.45, 2.75) is 59.2 Å². The molecule has 1 rings (SSSR count). The molecule has 168 valence electrons. The van der Waals surface area contributed by atoms with E-state index in [2.05, 4.69) is 0 Å². The van der Waals surface area contributed by atoms with Crippen molar-refractivity contribution in [2.75, 3.05) is 32.6 Å². The topological polar surface area (TPSA) is 133 Å². The van der Waals surface area contributed by atoms with Crippen LogP contribution in [0.15, 0.2) is 0 Å². The standard InChI is InChI=1S/C17H29O11P/c1-6-23-29(21,24-7-2)9-8-22-10-14-15(25-11(3)18)16(26-12(4)19)17(28-14)27-13(5)20/h14-17H,6-10H2,1-5H3/t14-,15-,16-,17?/m1/s1. The second kappa shape index (κ2) is 12.2. The van der Waals surface area contributed by atoms with Gasteiger partial charge < -0.3 is 32.7 Å². The Labute approximate surface area is 169 Å². The highest BCUT2D eigenvalue weighted by Crippen LogP contribution is 2.47. The summed E-state index contributed by atoms with van der Waals surface area (Å²) in [5.74, 6) is -1.96. The minimum Gasteiger partial charge on any atom is -0.455 e. The van der Waals surface area contributed by atoms with Gasteiger partial charge in [0.25, 0.3) is 0 Å². The van der Waals surface area contributed by atoms with Gasteiger partial charge in [0.1, 0.15) is 6.10 Å². The Morgan fingerprint density at radius 1 is 0.862 bits per heavy atom. The number of esters is 3. The predicted molar refractivity (Wildman–Crippen MR) is 98.1 cm³/mol. The van der Waals surface area contributed by atoms with Gasteiger partial charge in [0.2, 0.25) is 12.4 Å². The van der Waals surface area contributed by atoms with E-state index in [9.17, 15) is 18.9 Å². The van der Waals surface area contributed by atoms with Crippen LogP contribution >= 0.6 is 7.60 Å². The molecule has 29 heavy (non-hydrogen) atoms. The summed E-state index contributed by atoms with van der Waals surface area (Å²) in [5, 5.41) is 0. The molecule has 1 saturated heterocycles. The van der Waals surface area contributed by atoms with Crippen molar-refractivity contribution in [3.05, 3.63) is 0 Å². The number of carbonyl (C=O) groups is 3. The third-order valence-electron chi connectivity index (χ3n) is 3.60. The lowest BCUT2D eigenvalue weighted by Crippen LogP contribution is -2.42. The minimum atomic E-state index is -3.27. The number of rotatable bonds is 12. The van der Waals surface area contributed by atoms with Gasteiger partial charge in [-0.1, -0.05) is 0 Å². The van der Waals surface area contributed by atoms with E-state index in [0.29, 0.717) is 0 Å². The average Bonchev–Trinajstić information content (AvgIpc) is 2.87. The first-order chi connectivity index (χ1) is 13.6. The van der Waals surface area contributed by atoms with E-state index in [1.54, 1.807) is 13.8 Å². The molecule has 0 spiro atoms. The van der Waals surface area contributed by atoms with Crippen molar-refractivity contribution < 1.29 is 51.7 Å². The number of carbonyl (C=O) groups excluding carboxylic acids is 3. The monoisotopic (exact) mass is 440 g/mol. The summed E-state index contributed by atoms with van der Waals surface area (Å²) >= 11 is 0. The molecular formula is C17H29O11P. The van der Waals surface area contributed by atoms with Gasteiger partial charge in [-0.2, -0.15) is 0 Å². The lowest BCUT2D eigenvalue weighted by atomic mass is 10.1. The molecule has 0 aromatic rings. The van der Waals surface area contributed by atoms with Crippen molar-refractivity contribution >= 4 is 25.5 Å². The molecule has 4 atom stereocenters. The molecule has 0 N–H and O–H groups in total. The Bertz CT molecular complexity index is 598. The Morgan fingerprint density at radius 3 is 1.86 bits per heavy atom. The lowest BCUT2D eigenvalue weighted by molar-refractivity contribution is -0.196. The summed E-state index contributed by atoms with van der Waals surface area (Å²) in [5.41, 5.74) is 0. The summed E-state index contributed by atoms with van der Waals surface area (Å²) in [6.07, 6.45) is -4.32. The fourth-order valence-electron chi connectivity index (χ4n) is 2.67. The quantitative estimate of drug-likeness (QED) is 0.189. The molecule has 0 amide bonds. The van der Waals surface area contributed by atoms with Crippen LogP contribution in [0, 0.1) is 0 Å². The van der Waals surface area contributed by atoms with Crippen molar-refractivity contribution in [1.29, 1.82) is 0 Å². The first-order valence-electron chi connectivity index (χ1n) is 9.24. The van der Waals surface area contributed by atoms with Gasteiger partial charge in [0.05, 0.1) is 32.6 Å². The van der Waals surface area contributed by atoms with Gasteiger partial charge in [-0.3, -0.25) is 18.9 Å². The van der Waals surface area contributed by atoms with E-state index in [4.69, 9.17) is 32.7 Å². The lowest BCUT2D eigenvalue weighted by Gasteiger charge is -2.23. The van der Waals surface area contributed by atoms with Crippen molar-refractivity contribution in [3.8, 4) is 0 Å². The molecule has 0 radical (unpaired) electrons. The highest BCUT2D eigenvalue weighted by molar-refractivity contribution is 7.53. The van der Waals surface area contributed by atoms with E-state index < -0.39 is 50.1 Å². The Hall–Kier alpha value is -1.52. The van der Waals surface area contributed by atoms with Crippen LogP contribution in [0.5, 0.6) is 0 Å². The van der Waals surface area contributed by atoms with E-state index in [1.165, 1.54) is 13.8 Å². The van der Waals surface area contributed by atoms with Gasteiger partial charge in [0, 0.05) is 20.8 Å². The highest BCUT2D eigenvalue weighted by Gasteiger charge is 2.51. The normalized spacial score (nSPS) is 24.2. The molecule has 0 bridgehead atoms. The molecule has 0 aromatic carbocycles. The first-order valence-corrected chi connectivity index (χ1v) is 11.0. The van der Waals surface area contributed by atoms with E-state index in [1.807, 2.05) is 0 Å². The van der Waals surface area contributed by atoms with Gasteiger partial charge >= 0.3 is 25.5 Å². The average molecular weight is 440 g/mol. The van der Waals surface area contributed by atoms with Crippen LogP contribution in [0.4, 0.5) is 0 Å². The summed E-state index contributed by atoms with van der Waals surface area (Å²) in [6, 6.07) is 0. The number of ether oxygens (including phenoxy) is 5. The Kier molecular flexibility index (Phi) is 10.8. The van der Waals surface area contributed by atoms with Gasteiger partial charge in [-0.15, -0.1) is 0 Å². The van der Waals surface area contributed by atoms with Crippen LogP contribution in [0.25, 0.3) is 0 Å². The van der Waals surface area contributed by atoms with E-state index >= 15 is 0 Å². The van der Waals surface area contributed by atoms with Crippen molar-refractivity contribution in [1.82, 2.24) is 0 Å².